The first-order valence-electron chi connectivity index (χ1n) is 12.4. The van der Waals surface area contributed by atoms with Gasteiger partial charge < -0.3 is 19.5 Å². The maximum absolute atomic E-state index is 12.9. The molecule has 2 heterocycles. The summed E-state index contributed by atoms with van der Waals surface area (Å²) in [5.74, 6) is 1.57. The Morgan fingerprint density at radius 2 is 1.80 bits per heavy atom. The minimum atomic E-state index is -3.88. The standard InChI is InChI=1S/C28H28N8O4S/c1-17-8-11-19(16-23(17)41(29,38)39)31-27-30-15-14-24(32-27)35(2)21-6-5-7-22-25(21)33-28(36(22)3)34-26(37)18-9-12-20(40-4)13-10-18/h5-16H,1-4H3,(H2,29,38,39)(H,30,31,32)(H,33,34,37). The van der Waals surface area contributed by atoms with E-state index in [0.29, 0.717) is 39.8 Å². The summed E-state index contributed by atoms with van der Waals surface area (Å²) in [6.45, 7) is 1.67. The van der Waals surface area contributed by atoms with Crippen LogP contribution in [0, 0.1) is 6.92 Å². The van der Waals surface area contributed by atoms with E-state index < -0.39 is 10.0 Å². The first kappa shape index (κ1) is 27.6. The zero-order valence-electron chi connectivity index (χ0n) is 22.8. The van der Waals surface area contributed by atoms with Crippen molar-refractivity contribution in [2.75, 3.05) is 29.7 Å². The van der Waals surface area contributed by atoms with E-state index in [1.54, 1.807) is 62.7 Å². The molecule has 0 saturated heterocycles. The van der Waals surface area contributed by atoms with E-state index in [2.05, 4.69) is 20.6 Å². The molecule has 1 amide bonds. The van der Waals surface area contributed by atoms with Crippen molar-refractivity contribution in [2.24, 2.45) is 12.2 Å². The zero-order chi connectivity index (χ0) is 29.3. The van der Waals surface area contributed by atoms with Crippen LogP contribution in [0.5, 0.6) is 5.75 Å². The average Bonchev–Trinajstić information content (AvgIpc) is 3.28. The molecule has 12 nitrogen and oxygen atoms in total. The first-order valence-corrected chi connectivity index (χ1v) is 14.0. The predicted octanol–water partition coefficient (Wildman–Crippen LogP) is 4.09. The molecule has 0 unspecified atom stereocenters. The number of imidazole rings is 1. The van der Waals surface area contributed by atoms with Gasteiger partial charge in [0.2, 0.25) is 21.9 Å². The molecule has 210 valence electrons. The molecule has 0 aliphatic rings. The second kappa shape index (κ2) is 10.9. The summed E-state index contributed by atoms with van der Waals surface area (Å²) in [6.07, 6.45) is 1.59. The van der Waals surface area contributed by atoms with E-state index in [1.165, 1.54) is 6.07 Å². The summed E-state index contributed by atoms with van der Waals surface area (Å²) in [4.78, 5) is 28.4. The highest BCUT2D eigenvalue weighted by molar-refractivity contribution is 7.89. The van der Waals surface area contributed by atoms with Crippen LogP contribution in [0.1, 0.15) is 15.9 Å². The molecule has 5 aromatic rings. The van der Waals surface area contributed by atoms with E-state index in [4.69, 9.17) is 14.9 Å². The Balaban J connectivity index is 1.42. The lowest BCUT2D eigenvalue weighted by atomic mass is 10.2. The number of rotatable bonds is 8. The Kier molecular flexibility index (Phi) is 7.30. The molecule has 0 aliphatic carbocycles. The maximum atomic E-state index is 12.9. The van der Waals surface area contributed by atoms with Crippen molar-refractivity contribution >= 4 is 56.1 Å². The summed E-state index contributed by atoms with van der Waals surface area (Å²) in [5, 5.41) is 11.3. The smallest absolute Gasteiger partial charge is 0.257 e. The highest BCUT2D eigenvalue weighted by atomic mass is 32.2. The Morgan fingerprint density at radius 1 is 1.05 bits per heavy atom. The van der Waals surface area contributed by atoms with Crippen LogP contribution in [0.4, 0.5) is 29.1 Å². The van der Waals surface area contributed by atoms with Crippen molar-refractivity contribution in [3.63, 3.8) is 0 Å². The number of para-hydroxylation sites is 1. The van der Waals surface area contributed by atoms with E-state index in [0.717, 1.165) is 11.2 Å². The van der Waals surface area contributed by atoms with Gasteiger partial charge in [0.05, 0.1) is 23.2 Å². The van der Waals surface area contributed by atoms with Gasteiger partial charge in [0, 0.05) is 31.5 Å². The molecular weight excluding hydrogens is 544 g/mol. The molecule has 0 atom stereocenters. The lowest BCUT2D eigenvalue weighted by Gasteiger charge is -2.19. The van der Waals surface area contributed by atoms with Crippen LogP contribution in [0.3, 0.4) is 0 Å². The lowest BCUT2D eigenvalue weighted by molar-refractivity contribution is 0.102. The Bertz CT molecular complexity index is 1870. The van der Waals surface area contributed by atoms with Crippen molar-refractivity contribution in [3.8, 4) is 5.75 Å². The SMILES string of the molecule is COc1ccc(C(=O)Nc2nc3c(N(C)c4ccnc(Nc5ccc(C)c(S(N)(=O)=O)c5)n4)cccc3n2C)cc1. The first-order chi connectivity index (χ1) is 19.5. The molecule has 0 spiro atoms. The van der Waals surface area contributed by atoms with E-state index in [1.807, 2.05) is 41.8 Å². The highest BCUT2D eigenvalue weighted by Gasteiger charge is 2.18. The number of nitrogens with two attached hydrogens (primary N) is 1. The number of aromatic nitrogens is 4. The normalized spacial score (nSPS) is 11.3. The van der Waals surface area contributed by atoms with Gasteiger partial charge >= 0.3 is 0 Å². The Labute approximate surface area is 236 Å². The van der Waals surface area contributed by atoms with Crippen molar-refractivity contribution in [3.05, 3.63) is 84.1 Å². The van der Waals surface area contributed by atoms with E-state index in [-0.39, 0.29) is 16.8 Å². The van der Waals surface area contributed by atoms with Crippen LogP contribution in [0.25, 0.3) is 11.0 Å². The lowest BCUT2D eigenvalue weighted by Crippen LogP contribution is -2.15. The number of hydrogen-bond donors (Lipinski definition) is 3. The van der Waals surface area contributed by atoms with Crippen LogP contribution in [-0.2, 0) is 17.1 Å². The third kappa shape index (κ3) is 5.66. The summed E-state index contributed by atoms with van der Waals surface area (Å²) < 4.78 is 30.8. The average molecular weight is 573 g/mol. The van der Waals surface area contributed by atoms with Gasteiger partial charge in [-0.3, -0.25) is 10.1 Å². The number of carbonyl (C=O) groups is 1. The number of fused-ring (bicyclic) bond motifs is 1. The summed E-state index contributed by atoms with van der Waals surface area (Å²) in [5.41, 5.74) is 3.70. The van der Waals surface area contributed by atoms with E-state index in [9.17, 15) is 13.2 Å². The summed E-state index contributed by atoms with van der Waals surface area (Å²) in [6, 6.07) is 19.1. The Morgan fingerprint density at radius 3 is 2.51 bits per heavy atom. The number of ether oxygens (including phenoxy) is 1. The van der Waals surface area contributed by atoms with E-state index >= 15 is 0 Å². The fourth-order valence-corrected chi connectivity index (χ4v) is 5.14. The number of carbonyl (C=O) groups excluding carboxylic acids is 1. The highest BCUT2D eigenvalue weighted by Crippen LogP contribution is 2.32. The molecule has 0 fully saturated rings. The molecule has 0 radical (unpaired) electrons. The number of amides is 1. The third-order valence-electron chi connectivity index (χ3n) is 6.56. The number of benzene rings is 3. The number of primary sulfonamides is 1. The number of sulfonamides is 1. The monoisotopic (exact) mass is 572 g/mol. The van der Waals surface area contributed by atoms with Gasteiger partial charge in [-0.2, -0.15) is 4.98 Å². The molecule has 4 N–H and O–H groups in total. The van der Waals surface area contributed by atoms with Crippen LogP contribution in [-0.4, -0.2) is 48.0 Å². The van der Waals surface area contributed by atoms with Gasteiger partial charge in [-0.05, 0) is 67.1 Å². The van der Waals surface area contributed by atoms with Gasteiger partial charge in [0.15, 0.2) is 0 Å². The number of nitrogens with zero attached hydrogens (tertiary/aromatic N) is 5. The zero-order valence-corrected chi connectivity index (χ0v) is 23.6. The van der Waals surface area contributed by atoms with Crippen LogP contribution >= 0.6 is 0 Å². The summed E-state index contributed by atoms with van der Waals surface area (Å²) >= 11 is 0. The molecule has 0 saturated carbocycles. The molecular formula is C28H28N8O4S. The molecule has 2 aromatic heterocycles. The van der Waals surface area contributed by atoms with Gasteiger partial charge in [-0.1, -0.05) is 12.1 Å². The fourth-order valence-electron chi connectivity index (χ4n) is 4.33. The van der Waals surface area contributed by atoms with Gasteiger partial charge in [-0.15, -0.1) is 0 Å². The minimum Gasteiger partial charge on any atom is -0.497 e. The van der Waals surface area contributed by atoms with Crippen molar-refractivity contribution < 1.29 is 17.9 Å². The molecule has 3 aromatic carbocycles. The van der Waals surface area contributed by atoms with Crippen LogP contribution in [0.2, 0.25) is 0 Å². The van der Waals surface area contributed by atoms with Gasteiger partial charge in [0.25, 0.3) is 5.91 Å². The molecule has 0 bridgehead atoms. The number of hydrogen-bond acceptors (Lipinski definition) is 9. The second-order valence-corrected chi connectivity index (χ2v) is 10.8. The molecule has 5 rings (SSSR count). The minimum absolute atomic E-state index is 0.0208. The topological polar surface area (TPSA) is 157 Å². The largest absolute Gasteiger partial charge is 0.497 e. The fraction of sp³-hybridized carbons (Fsp3) is 0.143. The number of methoxy groups -OCH3 is 1. The van der Waals surface area contributed by atoms with Crippen LogP contribution in [0.15, 0.2) is 77.8 Å². The number of anilines is 5. The van der Waals surface area contributed by atoms with Crippen molar-refractivity contribution in [1.29, 1.82) is 0 Å². The summed E-state index contributed by atoms with van der Waals surface area (Å²) in [7, 11) is 1.35. The second-order valence-electron chi connectivity index (χ2n) is 9.27. The van der Waals surface area contributed by atoms with Gasteiger partial charge in [-0.25, -0.2) is 23.5 Å². The van der Waals surface area contributed by atoms with Crippen molar-refractivity contribution in [2.45, 2.75) is 11.8 Å². The number of aryl methyl sites for hydroxylation is 2. The third-order valence-corrected chi connectivity index (χ3v) is 7.62. The Hall–Kier alpha value is -5.01. The molecule has 0 aliphatic heterocycles. The maximum Gasteiger partial charge on any atom is 0.257 e. The molecule has 41 heavy (non-hydrogen) atoms. The quantitative estimate of drug-likeness (QED) is 0.249. The van der Waals surface area contributed by atoms with Gasteiger partial charge in [0.1, 0.15) is 17.1 Å². The molecule has 13 heteroatoms. The predicted molar refractivity (Wildman–Crippen MR) is 158 cm³/mol. The number of nitrogens with one attached hydrogen (secondary N) is 2. The van der Waals surface area contributed by atoms with Crippen LogP contribution < -0.4 is 25.4 Å². The van der Waals surface area contributed by atoms with Crippen molar-refractivity contribution in [1.82, 2.24) is 19.5 Å².